The van der Waals surface area contributed by atoms with Crippen LogP contribution in [0.1, 0.15) is 21.5 Å². The molecular weight excluding hydrogens is 447 g/mol. The van der Waals surface area contributed by atoms with Crippen LogP contribution in [0.3, 0.4) is 0 Å². The molecule has 0 bridgehead atoms. The number of amides is 1. The second kappa shape index (κ2) is 9.21. The predicted molar refractivity (Wildman–Crippen MR) is 121 cm³/mol. The highest BCUT2D eigenvalue weighted by Gasteiger charge is 2.34. The number of imidazole rings is 1. The molecule has 0 fully saturated rings. The minimum atomic E-state index is -4.73. The van der Waals surface area contributed by atoms with Gasteiger partial charge in [-0.25, -0.2) is 9.97 Å². The van der Waals surface area contributed by atoms with Crippen molar-refractivity contribution in [3.05, 3.63) is 71.4 Å². The Hall–Kier alpha value is -4.43. The molecule has 0 aliphatic carbocycles. The highest BCUT2D eigenvalue weighted by molar-refractivity contribution is 6.11. The molecule has 0 aliphatic rings. The highest BCUT2D eigenvalue weighted by Crippen LogP contribution is 2.34. The molecule has 2 aromatic carbocycles. The number of nitriles is 1. The molecule has 0 unspecified atom stereocenters. The van der Waals surface area contributed by atoms with Crippen molar-refractivity contribution in [2.45, 2.75) is 6.18 Å². The summed E-state index contributed by atoms with van der Waals surface area (Å²) >= 11 is 0. The third kappa shape index (κ3) is 4.67. The van der Waals surface area contributed by atoms with Crippen molar-refractivity contribution < 1.29 is 18.0 Å². The Labute approximate surface area is 191 Å². The van der Waals surface area contributed by atoms with Gasteiger partial charge in [0.2, 0.25) is 0 Å². The lowest BCUT2D eigenvalue weighted by Crippen LogP contribution is -2.14. The Balaban J connectivity index is 1.62. The van der Waals surface area contributed by atoms with Crippen molar-refractivity contribution in [1.29, 1.82) is 5.26 Å². The summed E-state index contributed by atoms with van der Waals surface area (Å²) in [5, 5.41) is 14.5. The molecule has 4 aromatic rings. The maximum atomic E-state index is 13.2. The number of alkyl halides is 3. The van der Waals surface area contributed by atoms with Crippen LogP contribution in [0.5, 0.6) is 0 Å². The topological polar surface area (TPSA) is 133 Å². The minimum Gasteiger partial charge on any atom is -0.369 e. The highest BCUT2D eigenvalue weighted by atomic mass is 19.4. The predicted octanol–water partition coefficient (Wildman–Crippen LogP) is 4.14. The lowest BCUT2D eigenvalue weighted by atomic mass is 10.1. The Kier molecular flexibility index (Phi) is 6.16. The van der Waals surface area contributed by atoms with Gasteiger partial charge in [-0.3, -0.25) is 4.79 Å². The number of anilines is 2. The van der Waals surface area contributed by atoms with Gasteiger partial charge in [-0.15, -0.1) is 0 Å². The number of carbonyl (C=O) groups is 1. The molecular formula is C23H18F3N7O. The molecule has 5 N–H and O–H groups in total. The van der Waals surface area contributed by atoms with E-state index in [9.17, 15) is 18.0 Å². The van der Waals surface area contributed by atoms with Crippen LogP contribution in [0.4, 0.5) is 24.7 Å². The number of pyridine rings is 1. The van der Waals surface area contributed by atoms with Gasteiger partial charge in [-0.2, -0.15) is 18.4 Å². The number of carbonyl (C=O) groups excluding carboxylic acids is 1. The van der Waals surface area contributed by atoms with Crippen LogP contribution in [0.2, 0.25) is 0 Å². The molecule has 0 saturated heterocycles. The summed E-state index contributed by atoms with van der Waals surface area (Å²) in [5.74, 6) is 0.498. The Morgan fingerprint density at radius 3 is 2.68 bits per heavy atom. The monoisotopic (exact) mass is 465 g/mol. The van der Waals surface area contributed by atoms with Crippen LogP contribution in [0.15, 0.2) is 54.7 Å². The summed E-state index contributed by atoms with van der Waals surface area (Å²) in [5.41, 5.74) is 5.51. The van der Waals surface area contributed by atoms with E-state index in [2.05, 4.69) is 25.6 Å². The molecule has 0 aliphatic heterocycles. The van der Waals surface area contributed by atoms with E-state index >= 15 is 0 Å². The molecule has 0 saturated carbocycles. The lowest BCUT2D eigenvalue weighted by Gasteiger charge is -2.12. The number of nitrogens with one attached hydrogen (secondary N) is 3. The fourth-order valence-corrected chi connectivity index (χ4v) is 3.34. The molecule has 0 radical (unpaired) electrons. The number of aromatic nitrogens is 3. The summed E-state index contributed by atoms with van der Waals surface area (Å²) in [6, 6.07) is 13.0. The van der Waals surface area contributed by atoms with E-state index in [4.69, 9.17) is 11.0 Å². The lowest BCUT2D eigenvalue weighted by molar-refractivity contribution is -0.137. The number of H-pyrrole nitrogens is 1. The van der Waals surface area contributed by atoms with Crippen molar-refractivity contribution in [2.24, 2.45) is 5.73 Å². The number of hydrogen-bond acceptors (Lipinski definition) is 6. The van der Waals surface area contributed by atoms with Gasteiger partial charge in [0.15, 0.2) is 0 Å². The first-order valence-electron chi connectivity index (χ1n) is 10.1. The molecule has 11 heteroatoms. The fraction of sp³-hybridized carbons (Fsp3) is 0.130. The van der Waals surface area contributed by atoms with Crippen molar-refractivity contribution in [1.82, 2.24) is 15.0 Å². The molecule has 2 heterocycles. The molecule has 8 nitrogen and oxygen atoms in total. The van der Waals surface area contributed by atoms with Crippen LogP contribution in [-0.2, 0) is 6.18 Å². The average Bonchev–Trinajstić information content (AvgIpc) is 3.27. The first kappa shape index (κ1) is 22.8. The first-order chi connectivity index (χ1) is 16.3. The standard InChI is InChI=1S/C23H18F3N7O/c24-23(25,26)17-10-15(6-4-13(17)11-28)31-22(34)16-2-1-3-18-20(16)33-21(32-18)14-5-7-19(30-12-14)29-9-8-27/h1-7,10,12H,8-9,27H2,(H,29,30)(H,31,34)(H,32,33). The van der Waals surface area contributed by atoms with E-state index in [0.29, 0.717) is 41.3 Å². The summed E-state index contributed by atoms with van der Waals surface area (Å²) in [6.45, 7) is 1.05. The Morgan fingerprint density at radius 1 is 1.18 bits per heavy atom. The summed E-state index contributed by atoms with van der Waals surface area (Å²) in [4.78, 5) is 24.8. The van der Waals surface area contributed by atoms with E-state index in [1.807, 2.05) is 0 Å². The number of nitrogens with two attached hydrogens (primary N) is 1. The average molecular weight is 465 g/mol. The number of hydrogen-bond donors (Lipinski definition) is 4. The summed E-state index contributed by atoms with van der Waals surface area (Å²) < 4.78 is 39.7. The quantitative estimate of drug-likeness (QED) is 0.338. The molecule has 0 atom stereocenters. The maximum Gasteiger partial charge on any atom is 0.417 e. The van der Waals surface area contributed by atoms with Gasteiger partial charge in [0.05, 0.1) is 28.3 Å². The van der Waals surface area contributed by atoms with E-state index in [1.54, 1.807) is 30.5 Å². The molecule has 34 heavy (non-hydrogen) atoms. The molecule has 172 valence electrons. The Bertz CT molecular complexity index is 1390. The maximum absolute atomic E-state index is 13.2. The second-order valence-electron chi connectivity index (χ2n) is 7.26. The molecule has 4 rings (SSSR count). The van der Waals surface area contributed by atoms with Gasteiger partial charge in [0, 0.05) is 30.5 Å². The zero-order chi connectivity index (χ0) is 24.3. The number of halogens is 3. The van der Waals surface area contributed by atoms with Crippen LogP contribution >= 0.6 is 0 Å². The van der Waals surface area contributed by atoms with Gasteiger partial charge in [-0.05, 0) is 42.5 Å². The molecule has 0 spiro atoms. The van der Waals surface area contributed by atoms with Crippen LogP contribution in [0, 0.1) is 11.3 Å². The third-order valence-electron chi connectivity index (χ3n) is 4.95. The summed E-state index contributed by atoms with van der Waals surface area (Å²) in [6.07, 6.45) is -3.11. The van der Waals surface area contributed by atoms with Crippen molar-refractivity contribution in [2.75, 3.05) is 23.7 Å². The number of fused-ring (bicyclic) bond motifs is 1. The zero-order valence-corrected chi connectivity index (χ0v) is 17.6. The van der Waals surface area contributed by atoms with Gasteiger partial charge in [0.1, 0.15) is 17.2 Å². The fourth-order valence-electron chi connectivity index (χ4n) is 3.34. The summed E-state index contributed by atoms with van der Waals surface area (Å²) in [7, 11) is 0. The van der Waals surface area contributed by atoms with Gasteiger partial charge in [0.25, 0.3) is 5.91 Å². The normalized spacial score (nSPS) is 11.3. The SMILES string of the molecule is N#Cc1ccc(NC(=O)c2cccc3[nH]c(-c4ccc(NCCN)nc4)nc23)cc1C(F)(F)F. The molecule has 2 aromatic heterocycles. The third-order valence-corrected chi connectivity index (χ3v) is 4.95. The largest absolute Gasteiger partial charge is 0.417 e. The van der Waals surface area contributed by atoms with Gasteiger partial charge < -0.3 is 21.4 Å². The van der Waals surface area contributed by atoms with Crippen LogP contribution in [-0.4, -0.2) is 33.9 Å². The number of rotatable bonds is 6. The van der Waals surface area contributed by atoms with Gasteiger partial charge in [-0.1, -0.05) is 6.07 Å². The van der Waals surface area contributed by atoms with Gasteiger partial charge >= 0.3 is 6.18 Å². The van der Waals surface area contributed by atoms with Crippen molar-refractivity contribution >= 4 is 28.4 Å². The van der Waals surface area contributed by atoms with Crippen LogP contribution in [0.25, 0.3) is 22.4 Å². The molecule has 1 amide bonds. The van der Waals surface area contributed by atoms with Crippen molar-refractivity contribution in [3.8, 4) is 17.5 Å². The number of para-hydroxylation sites is 1. The number of nitrogens with zero attached hydrogens (tertiary/aromatic N) is 3. The number of benzene rings is 2. The van der Waals surface area contributed by atoms with E-state index in [1.165, 1.54) is 18.2 Å². The van der Waals surface area contributed by atoms with E-state index < -0.39 is 23.2 Å². The van der Waals surface area contributed by atoms with E-state index in [-0.39, 0.29) is 11.3 Å². The smallest absolute Gasteiger partial charge is 0.369 e. The zero-order valence-electron chi connectivity index (χ0n) is 17.6. The minimum absolute atomic E-state index is 0.0890. The van der Waals surface area contributed by atoms with Crippen molar-refractivity contribution in [3.63, 3.8) is 0 Å². The number of aromatic amines is 1. The van der Waals surface area contributed by atoms with E-state index in [0.717, 1.165) is 12.1 Å². The van der Waals surface area contributed by atoms with Crippen LogP contribution < -0.4 is 16.4 Å². The Morgan fingerprint density at radius 2 is 2.00 bits per heavy atom. The second-order valence-corrected chi connectivity index (χ2v) is 7.26. The first-order valence-corrected chi connectivity index (χ1v) is 10.1.